The van der Waals surface area contributed by atoms with E-state index >= 15 is 0 Å². The molecule has 0 aromatic rings. The Kier molecular flexibility index (Phi) is 6.11. The number of amidine groups is 1. The van der Waals surface area contributed by atoms with Crippen molar-refractivity contribution in [3.63, 3.8) is 0 Å². The second-order valence-electron chi connectivity index (χ2n) is 3.07. The monoisotopic (exact) mass is 220 g/mol. The minimum Gasteiger partial charge on any atom is -0.481 e. The van der Waals surface area contributed by atoms with E-state index in [9.17, 15) is 9.00 Å². The van der Waals surface area contributed by atoms with E-state index in [1.54, 1.807) is 6.92 Å². The maximum absolute atomic E-state index is 11.3. The van der Waals surface area contributed by atoms with Gasteiger partial charge in [0, 0.05) is 22.3 Å². The molecule has 0 heterocycles. The summed E-state index contributed by atoms with van der Waals surface area (Å²) in [7, 11) is -1.13. The highest BCUT2D eigenvalue weighted by atomic mass is 32.2. The van der Waals surface area contributed by atoms with Gasteiger partial charge >= 0.3 is 5.97 Å². The third kappa shape index (κ3) is 6.59. The van der Waals surface area contributed by atoms with E-state index in [2.05, 4.69) is 4.99 Å². The molecule has 1 unspecified atom stereocenters. The maximum Gasteiger partial charge on any atom is 0.307 e. The highest BCUT2D eigenvalue weighted by Gasteiger charge is 2.13. The number of nitrogens with two attached hydrogens (primary N) is 1. The molecular formula is C8H16N2O3S. The highest BCUT2D eigenvalue weighted by molar-refractivity contribution is 7.85. The Morgan fingerprint density at radius 1 is 1.64 bits per heavy atom. The van der Waals surface area contributed by atoms with Gasteiger partial charge in [-0.25, -0.2) is 0 Å². The van der Waals surface area contributed by atoms with Gasteiger partial charge in [0.25, 0.3) is 0 Å². The Balaban J connectivity index is 3.77. The van der Waals surface area contributed by atoms with Crippen LogP contribution in [-0.2, 0) is 15.6 Å². The minimum absolute atomic E-state index is 0.175. The average Bonchev–Trinajstić information content (AvgIpc) is 2.02. The van der Waals surface area contributed by atoms with Crippen LogP contribution in [-0.4, -0.2) is 39.2 Å². The van der Waals surface area contributed by atoms with Crippen LogP contribution in [0.3, 0.4) is 0 Å². The Morgan fingerprint density at radius 3 is 2.64 bits per heavy atom. The van der Waals surface area contributed by atoms with E-state index in [1.807, 2.05) is 0 Å². The summed E-state index contributed by atoms with van der Waals surface area (Å²) >= 11 is 0. The summed E-state index contributed by atoms with van der Waals surface area (Å²) in [5.41, 5.74) is 5.29. The number of aliphatic carboxylic acids is 1. The average molecular weight is 220 g/mol. The van der Waals surface area contributed by atoms with Crippen molar-refractivity contribution in [2.75, 3.05) is 18.1 Å². The number of nitrogens with zero attached hydrogens (tertiary/aromatic N) is 1. The summed E-state index contributed by atoms with van der Waals surface area (Å²) in [6, 6.07) is 0. The van der Waals surface area contributed by atoms with Gasteiger partial charge in [0.05, 0.1) is 18.3 Å². The number of hydrogen-bond acceptors (Lipinski definition) is 3. The Bertz CT molecular complexity index is 249. The zero-order valence-electron chi connectivity index (χ0n) is 8.40. The fourth-order valence-corrected chi connectivity index (χ4v) is 1.92. The molecule has 0 saturated carbocycles. The first-order chi connectivity index (χ1) is 6.43. The largest absolute Gasteiger partial charge is 0.481 e. The summed E-state index contributed by atoms with van der Waals surface area (Å²) in [6.45, 7) is 3.59. The molecule has 3 N–H and O–H groups in total. The van der Waals surface area contributed by atoms with Crippen molar-refractivity contribution < 1.29 is 14.1 Å². The van der Waals surface area contributed by atoms with Crippen LogP contribution in [0.5, 0.6) is 0 Å². The van der Waals surface area contributed by atoms with E-state index in [0.29, 0.717) is 18.1 Å². The van der Waals surface area contributed by atoms with E-state index in [0.717, 1.165) is 0 Å². The van der Waals surface area contributed by atoms with E-state index < -0.39 is 22.7 Å². The Hall–Kier alpha value is -0.910. The van der Waals surface area contributed by atoms with Crippen molar-refractivity contribution in [3.05, 3.63) is 0 Å². The van der Waals surface area contributed by atoms with E-state index in [1.165, 1.54) is 6.92 Å². The number of carbonyl (C=O) groups is 1. The van der Waals surface area contributed by atoms with Crippen molar-refractivity contribution in [1.29, 1.82) is 0 Å². The zero-order valence-corrected chi connectivity index (χ0v) is 9.21. The van der Waals surface area contributed by atoms with Crippen molar-refractivity contribution in [3.8, 4) is 0 Å². The molecule has 0 fully saturated rings. The van der Waals surface area contributed by atoms with Gasteiger partial charge in [-0.2, -0.15) is 0 Å². The molecule has 5 nitrogen and oxygen atoms in total. The predicted octanol–water partition coefficient (Wildman–Crippen LogP) is -0.167. The Labute approximate surface area is 85.9 Å². The fraction of sp³-hybridized carbons (Fsp3) is 0.750. The third-order valence-corrected chi connectivity index (χ3v) is 3.05. The van der Waals surface area contributed by atoms with Gasteiger partial charge < -0.3 is 10.8 Å². The van der Waals surface area contributed by atoms with Gasteiger partial charge in [-0.3, -0.25) is 14.0 Å². The van der Waals surface area contributed by atoms with E-state index in [-0.39, 0.29) is 5.75 Å². The molecule has 0 aromatic heterocycles. The number of carboxylic acids is 1. The lowest BCUT2D eigenvalue weighted by molar-refractivity contribution is -0.140. The minimum atomic E-state index is -1.13. The topological polar surface area (TPSA) is 92.8 Å². The molecule has 14 heavy (non-hydrogen) atoms. The van der Waals surface area contributed by atoms with Crippen LogP contribution in [0.15, 0.2) is 4.99 Å². The van der Waals surface area contributed by atoms with Gasteiger partial charge in [-0.1, -0.05) is 6.92 Å². The smallest absolute Gasteiger partial charge is 0.307 e. The highest BCUT2D eigenvalue weighted by Crippen LogP contribution is 1.98. The second-order valence-corrected chi connectivity index (χ2v) is 4.69. The van der Waals surface area contributed by atoms with Gasteiger partial charge in [-0.05, 0) is 6.92 Å². The first-order valence-electron chi connectivity index (χ1n) is 4.27. The lowest BCUT2D eigenvalue weighted by Gasteiger charge is -2.04. The van der Waals surface area contributed by atoms with Gasteiger partial charge in [0.2, 0.25) is 0 Å². The van der Waals surface area contributed by atoms with Crippen LogP contribution in [0.2, 0.25) is 0 Å². The first kappa shape index (κ1) is 13.1. The summed E-state index contributed by atoms with van der Waals surface area (Å²) in [6.07, 6.45) is 0. The molecule has 6 heteroatoms. The molecular weight excluding hydrogens is 204 g/mol. The summed E-state index contributed by atoms with van der Waals surface area (Å²) in [5, 5.41) is 8.56. The quantitative estimate of drug-likeness (QED) is 0.480. The number of rotatable bonds is 6. The van der Waals surface area contributed by atoms with Crippen molar-refractivity contribution in [1.82, 2.24) is 0 Å². The molecule has 2 atom stereocenters. The fourth-order valence-electron chi connectivity index (χ4n) is 0.757. The van der Waals surface area contributed by atoms with Crippen molar-refractivity contribution in [2.45, 2.75) is 13.8 Å². The molecule has 0 bridgehead atoms. The van der Waals surface area contributed by atoms with Crippen LogP contribution in [0.25, 0.3) is 0 Å². The second kappa shape index (κ2) is 6.53. The van der Waals surface area contributed by atoms with Crippen molar-refractivity contribution >= 4 is 22.6 Å². The number of carboxylic acid groups (broad SMARTS) is 1. The summed E-state index contributed by atoms with van der Waals surface area (Å²) < 4.78 is 11.3. The molecule has 0 aliphatic carbocycles. The van der Waals surface area contributed by atoms with Crippen LogP contribution in [0, 0.1) is 5.92 Å². The molecule has 0 aliphatic rings. The number of hydrogen-bond donors (Lipinski definition) is 2. The molecule has 0 aliphatic heterocycles. The predicted molar refractivity (Wildman–Crippen MR) is 56.8 cm³/mol. The molecule has 0 rings (SSSR count). The molecule has 0 saturated heterocycles. The molecule has 82 valence electrons. The van der Waals surface area contributed by atoms with Crippen LogP contribution >= 0.6 is 0 Å². The summed E-state index contributed by atoms with van der Waals surface area (Å²) in [4.78, 5) is 14.3. The summed E-state index contributed by atoms with van der Waals surface area (Å²) in [5.74, 6) is -0.496. The van der Waals surface area contributed by atoms with Crippen molar-refractivity contribution in [2.24, 2.45) is 16.6 Å². The van der Waals surface area contributed by atoms with Crippen LogP contribution in [0.4, 0.5) is 0 Å². The SMILES string of the molecule is CC(N)=NCCS(=O)C[C@@H](C)C(=O)O. The zero-order chi connectivity index (χ0) is 11.1. The third-order valence-electron chi connectivity index (χ3n) is 1.54. The lowest BCUT2D eigenvalue weighted by Crippen LogP contribution is -2.20. The van der Waals surface area contributed by atoms with Gasteiger partial charge in [0.15, 0.2) is 0 Å². The lowest BCUT2D eigenvalue weighted by atomic mass is 10.2. The first-order valence-corrected chi connectivity index (χ1v) is 5.76. The molecule has 0 radical (unpaired) electrons. The molecule has 0 amide bonds. The maximum atomic E-state index is 11.3. The van der Waals surface area contributed by atoms with E-state index in [4.69, 9.17) is 10.8 Å². The number of aliphatic imine (C=N–C) groups is 1. The Morgan fingerprint density at radius 2 is 2.21 bits per heavy atom. The standard InChI is InChI=1S/C8H16N2O3S/c1-6(8(11)12)5-14(13)4-3-10-7(2)9/h6H,3-5H2,1-2H3,(H2,9,10)(H,11,12)/t6-,14?/m1/s1. The molecule has 0 aromatic carbocycles. The van der Waals surface area contributed by atoms with Gasteiger partial charge in [-0.15, -0.1) is 0 Å². The van der Waals surface area contributed by atoms with Gasteiger partial charge in [0.1, 0.15) is 0 Å². The molecule has 0 spiro atoms. The van der Waals surface area contributed by atoms with Crippen LogP contribution < -0.4 is 5.73 Å². The van der Waals surface area contributed by atoms with Crippen LogP contribution in [0.1, 0.15) is 13.8 Å². The normalized spacial score (nSPS) is 16.3.